The van der Waals surface area contributed by atoms with Crippen molar-refractivity contribution in [1.82, 2.24) is 10.2 Å². The van der Waals surface area contributed by atoms with Crippen LogP contribution in [0.5, 0.6) is 0 Å². The van der Waals surface area contributed by atoms with Crippen molar-refractivity contribution in [3.05, 3.63) is 0 Å². The maximum absolute atomic E-state index is 5.42. The third kappa shape index (κ3) is 1.22. The summed E-state index contributed by atoms with van der Waals surface area (Å²) >= 11 is 0. The summed E-state index contributed by atoms with van der Waals surface area (Å²) in [4.78, 5) is 2.69. The van der Waals surface area contributed by atoms with Gasteiger partial charge in [0, 0.05) is 43.6 Å². The van der Waals surface area contributed by atoms with Crippen LogP contribution in [-0.4, -0.2) is 49.8 Å². The van der Waals surface area contributed by atoms with E-state index in [1.807, 2.05) is 0 Å². The third-order valence-electron chi connectivity index (χ3n) is 3.84. The Bertz CT molecular complexity index is 199. The summed E-state index contributed by atoms with van der Waals surface area (Å²) < 4.78 is 5.42. The van der Waals surface area contributed by atoms with Gasteiger partial charge in [-0.1, -0.05) is 0 Å². The maximum atomic E-state index is 5.42. The lowest BCUT2D eigenvalue weighted by Gasteiger charge is -2.35. The highest BCUT2D eigenvalue weighted by Gasteiger charge is 2.57. The van der Waals surface area contributed by atoms with Crippen LogP contribution in [0, 0.1) is 11.8 Å². The van der Waals surface area contributed by atoms with E-state index in [1.54, 1.807) is 0 Å². The van der Waals surface area contributed by atoms with E-state index in [9.17, 15) is 0 Å². The van der Waals surface area contributed by atoms with Gasteiger partial charge in [-0.15, -0.1) is 0 Å². The minimum Gasteiger partial charge on any atom is -0.381 e. The lowest BCUT2D eigenvalue weighted by Crippen LogP contribution is -2.51. The van der Waals surface area contributed by atoms with Crippen molar-refractivity contribution >= 4 is 0 Å². The Balaban J connectivity index is 1.65. The molecule has 13 heavy (non-hydrogen) atoms. The number of nitrogens with zero attached hydrogens (tertiary/aromatic N) is 1. The topological polar surface area (TPSA) is 24.5 Å². The fourth-order valence-electron chi connectivity index (χ4n) is 3.00. The number of hydrogen-bond acceptors (Lipinski definition) is 3. The molecule has 3 fully saturated rings. The predicted molar refractivity (Wildman–Crippen MR) is 50.6 cm³/mol. The van der Waals surface area contributed by atoms with Gasteiger partial charge in [0.2, 0.25) is 0 Å². The second-order valence-corrected chi connectivity index (χ2v) is 4.65. The van der Waals surface area contributed by atoms with Crippen LogP contribution >= 0.6 is 0 Å². The molecular formula is C10H18N2O. The van der Waals surface area contributed by atoms with Gasteiger partial charge in [-0.2, -0.15) is 0 Å². The molecule has 1 aliphatic carbocycles. The molecule has 3 aliphatic rings. The molecule has 0 aromatic heterocycles. The van der Waals surface area contributed by atoms with Gasteiger partial charge >= 0.3 is 0 Å². The third-order valence-corrected chi connectivity index (χ3v) is 3.84. The van der Waals surface area contributed by atoms with Gasteiger partial charge < -0.3 is 10.1 Å². The predicted octanol–water partition coefficient (Wildman–Crippen LogP) is -0.0751. The van der Waals surface area contributed by atoms with Crippen molar-refractivity contribution in [2.45, 2.75) is 19.0 Å². The van der Waals surface area contributed by atoms with Gasteiger partial charge in [-0.3, -0.25) is 4.90 Å². The molecule has 1 N–H and O–H groups in total. The molecule has 0 aromatic carbocycles. The van der Waals surface area contributed by atoms with E-state index >= 15 is 0 Å². The Morgan fingerprint density at radius 2 is 2.08 bits per heavy atom. The van der Waals surface area contributed by atoms with Gasteiger partial charge in [-0.05, 0) is 6.92 Å². The molecule has 0 aromatic rings. The van der Waals surface area contributed by atoms with Crippen LogP contribution in [0.15, 0.2) is 0 Å². The second-order valence-electron chi connectivity index (χ2n) is 4.65. The number of rotatable bonds is 1. The van der Waals surface area contributed by atoms with E-state index in [0.717, 1.165) is 43.7 Å². The normalized spacial score (nSPS) is 50.5. The largest absolute Gasteiger partial charge is 0.381 e. The van der Waals surface area contributed by atoms with Gasteiger partial charge in [-0.25, -0.2) is 0 Å². The van der Waals surface area contributed by atoms with Crippen LogP contribution in [0.1, 0.15) is 6.92 Å². The number of piperazine rings is 1. The van der Waals surface area contributed by atoms with Gasteiger partial charge in [0.25, 0.3) is 0 Å². The summed E-state index contributed by atoms with van der Waals surface area (Å²) in [5.41, 5.74) is 0. The van der Waals surface area contributed by atoms with E-state index in [1.165, 1.54) is 13.1 Å². The standard InChI is InChI=1S/C10H18N2O/c1-7-4-11-2-3-12(7)10-8-5-13-6-9(8)10/h7-11H,2-6H2,1H3. The first kappa shape index (κ1) is 8.21. The number of hydrogen-bond donors (Lipinski definition) is 1. The Morgan fingerprint density at radius 1 is 1.31 bits per heavy atom. The average Bonchev–Trinajstić information content (AvgIpc) is 2.61. The first-order chi connectivity index (χ1) is 6.38. The van der Waals surface area contributed by atoms with Crippen LogP contribution in [0.4, 0.5) is 0 Å². The quantitative estimate of drug-likeness (QED) is 0.614. The molecular weight excluding hydrogens is 164 g/mol. The molecule has 2 heterocycles. The Hall–Kier alpha value is -0.120. The summed E-state index contributed by atoms with van der Waals surface area (Å²) in [7, 11) is 0. The molecule has 0 bridgehead atoms. The maximum Gasteiger partial charge on any atom is 0.0513 e. The summed E-state index contributed by atoms with van der Waals surface area (Å²) in [6, 6.07) is 1.59. The molecule has 3 rings (SSSR count). The van der Waals surface area contributed by atoms with Crippen molar-refractivity contribution in [3.8, 4) is 0 Å². The molecule has 3 nitrogen and oxygen atoms in total. The van der Waals surface area contributed by atoms with Crippen LogP contribution in [0.25, 0.3) is 0 Å². The van der Waals surface area contributed by atoms with Crippen LogP contribution in [0.3, 0.4) is 0 Å². The molecule has 1 saturated carbocycles. The van der Waals surface area contributed by atoms with Crippen molar-refractivity contribution in [2.75, 3.05) is 32.8 Å². The molecule has 3 unspecified atom stereocenters. The molecule has 3 atom stereocenters. The van der Waals surface area contributed by atoms with E-state index in [2.05, 4.69) is 17.1 Å². The minimum atomic E-state index is 0.726. The van der Waals surface area contributed by atoms with Crippen LogP contribution < -0.4 is 5.32 Å². The molecule has 3 heteroatoms. The van der Waals surface area contributed by atoms with Crippen LogP contribution in [0.2, 0.25) is 0 Å². The fourth-order valence-corrected chi connectivity index (χ4v) is 3.00. The van der Waals surface area contributed by atoms with E-state index < -0.39 is 0 Å². The van der Waals surface area contributed by atoms with Gasteiger partial charge in [0.15, 0.2) is 0 Å². The van der Waals surface area contributed by atoms with Crippen molar-refractivity contribution in [3.63, 3.8) is 0 Å². The van der Waals surface area contributed by atoms with Crippen molar-refractivity contribution in [2.24, 2.45) is 11.8 Å². The molecule has 2 saturated heterocycles. The summed E-state index contributed by atoms with van der Waals surface area (Å²) in [6.45, 7) is 7.94. The Labute approximate surface area is 79.4 Å². The zero-order valence-electron chi connectivity index (χ0n) is 8.20. The molecule has 0 amide bonds. The van der Waals surface area contributed by atoms with E-state index in [-0.39, 0.29) is 0 Å². The number of nitrogens with one attached hydrogen (secondary N) is 1. The summed E-state index contributed by atoms with van der Waals surface area (Å²) in [5, 5.41) is 3.44. The second kappa shape index (κ2) is 2.94. The van der Waals surface area contributed by atoms with E-state index in [4.69, 9.17) is 4.74 Å². The van der Waals surface area contributed by atoms with Crippen molar-refractivity contribution < 1.29 is 4.74 Å². The zero-order valence-corrected chi connectivity index (χ0v) is 8.20. The fraction of sp³-hybridized carbons (Fsp3) is 1.00. The average molecular weight is 182 g/mol. The monoisotopic (exact) mass is 182 g/mol. The lowest BCUT2D eigenvalue weighted by atomic mass is 10.2. The molecule has 2 aliphatic heterocycles. The van der Waals surface area contributed by atoms with Crippen LogP contribution in [-0.2, 0) is 4.74 Å². The molecule has 74 valence electrons. The van der Waals surface area contributed by atoms with Crippen molar-refractivity contribution in [1.29, 1.82) is 0 Å². The highest BCUT2D eigenvalue weighted by atomic mass is 16.5. The van der Waals surface area contributed by atoms with Gasteiger partial charge in [0.05, 0.1) is 13.2 Å². The highest BCUT2D eigenvalue weighted by Crippen LogP contribution is 2.48. The Kier molecular flexibility index (Phi) is 1.86. The smallest absolute Gasteiger partial charge is 0.0513 e. The SMILES string of the molecule is CC1CNCCN1C1C2COCC21. The lowest BCUT2D eigenvalue weighted by molar-refractivity contribution is 0.0928. The first-order valence-corrected chi connectivity index (χ1v) is 5.42. The summed E-state index contributed by atoms with van der Waals surface area (Å²) in [6.07, 6.45) is 0. The van der Waals surface area contributed by atoms with Gasteiger partial charge in [0.1, 0.15) is 0 Å². The van der Waals surface area contributed by atoms with E-state index in [0.29, 0.717) is 0 Å². The summed E-state index contributed by atoms with van der Waals surface area (Å²) in [5.74, 6) is 1.75. The molecule has 0 spiro atoms. The molecule has 0 radical (unpaired) electrons. The number of ether oxygens (including phenoxy) is 1. The first-order valence-electron chi connectivity index (χ1n) is 5.42. The number of fused-ring (bicyclic) bond motifs is 1. The minimum absolute atomic E-state index is 0.726. The Morgan fingerprint density at radius 3 is 2.77 bits per heavy atom. The highest BCUT2D eigenvalue weighted by molar-refractivity contribution is 5.08. The zero-order chi connectivity index (χ0) is 8.84.